The van der Waals surface area contributed by atoms with Crippen molar-refractivity contribution in [3.05, 3.63) is 77.6 Å². The van der Waals surface area contributed by atoms with Crippen LogP contribution in [0.5, 0.6) is 0 Å². The second kappa shape index (κ2) is 9.37. The number of halogens is 1. The lowest BCUT2D eigenvalue weighted by molar-refractivity contribution is -0.144. The molecule has 0 fully saturated rings. The number of hydrogen-bond donors (Lipinski definition) is 1. The average molecular weight is 341 g/mol. The maximum atomic E-state index is 12.9. The molecule has 1 atom stereocenters. The van der Waals surface area contributed by atoms with Crippen LogP contribution in [0, 0.1) is 5.82 Å². The van der Waals surface area contributed by atoms with E-state index in [4.69, 9.17) is 4.74 Å². The summed E-state index contributed by atoms with van der Waals surface area (Å²) >= 11 is 0. The Balaban J connectivity index is 1.94. The monoisotopic (exact) mass is 341 g/mol. The van der Waals surface area contributed by atoms with Crippen molar-refractivity contribution in [2.45, 2.75) is 18.9 Å². The molecule has 4 nitrogen and oxygen atoms in total. The molecule has 2 aromatic rings. The minimum Gasteiger partial charge on any atom is -0.467 e. The van der Waals surface area contributed by atoms with Crippen LogP contribution >= 0.6 is 0 Å². The summed E-state index contributed by atoms with van der Waals surface area (Å²) in [5.41, 5.74) is 1.67. The van der Waals surface area contributed by atoms with E-state index < -0.39 is 12.0 Å². The first-order valence-corrected chi connectivity index (χ1v) is 7.91. The summed E-state index contributed by atoms with van der Waals surface area (Å²) in [5, 5.41) is 2.66. The molecule has 130 valence electrons. The first-order chi connectivity index (χ1) is 12.1. The van der Waals surface area contributed by atoms with Crippen LogP contribution in [0.4, 0.5) is 4.39 Å². The van der Waals surface area contributed by atoms with Crippen molar-refractivity contribution in [1.29, 1.82) is 0 Å². The lowest BCUT2D eigenvalue weighted by Crippen LogP contribution is -2.41. The number of amides is 1. The van der Waals surface area contributed by atoms with Crippen LogP contribution in [-0.2, 0) is 20.7 Å². The van der Waals surface area contributed by atoms with Gasteiger partial charge in [-0.2, -0.15) is 0 Å². The fourth-order valence-corrected chi connectivity index (χ4v) is 2.29. The molecule has 25 heavy (non-hydrogen) atoms. The predicted molar refractivity (Wildman–Crippen MR) is 94.1 cm³/mol. The molecular formula is C20H20FNO3. The summed E-state index contributed by atoms with van der Waals surface area (Å²) in [4.78, 5) is 24.0. The third-order valence-corrected chi connectivity index (χ3v) is 3.58. The topological polar surface area (TPSA) is 55.4 Å². The van der Waals surface area contributed by atoms with Crippen molar-refractivity contribution in [3.63, 3.8) is 0 Å². The van der Waals surface area contributed by atoms with Gasteiger partial charge < -0.3 is 10.1 Å². The van der Waals surface area contributed by atoms with Crippen molar-refractivity contribution in [1.82, 2.24) is 5.32 Å². The van der Waals surface area contributed by atoms with E-state index in [1.165, 1.54) is 31.4 Å². The molecule has 0 saturated heterocycles. The molecule has 0 aromatic heterocycles. The van der Waals surface area contributed by atoms with Gasteiger partial charge in [0.15, 0.2) is 0 Å². The Bertz CT molecular complexity index is 726. The van der Waals surface area contributed by atoms with E-state index >= 15 is 0 Å². The van der Waals surface area contributed by atoms with Crippen molar-refractivity contribution in [2.75, 3.05) is 7.11 Å². The highest BCUT2D eigenvalue weighted by Gasteiger charge is 2.20. The van der Waals surface area contributed by atoms with Gasteiger partial charge in [0.1, 0.15) is 11.9 Å². The summed E-state index contributed by atoms with van der Waals surface area (Å²) in [7, 11) is 1.28. The molecule has 0 heterocycles. The van der Waals surface area contributed by atoms with Gasteiger partial charge >= 0.3 is 5.97 Å². The number of carbonyl (C=O) groups excluding carboxylic acids is 2. The highest BCUT2D eigenvalue weighted by Crippen LogP contribution is 2.06. The van der Waals surface area contributed by atoms with Gasteiger partial charge in [-0.25, -0.2) is 9.18 Å². The molecule has 0 saturated carbocycles. The number of esters is 1. The summed E-state index contributed by atoms with van der Waals surface area (Å²) in [6, 6.07) is 14.5. The van der Waals surface area contributed by atoms with Gasteiger partial charge in [-0.15, -0.1) is 0 Å². The summed E-state index contributed by atoms with van der Waals surface area (Å²) in [6.07, 6.45) is 4.07. The molecular weight excluding hydrogens is 321 g/mol. The minimum absolute atomic E-state index is 0.0656. The molecule has 0 unspecified atom stereocenters. The van der Waals surface area contributed by atoms with E-state index in [-0.39, 0.29) is 18.1 Å². The minimum atomic E-state index is -0.766. The maximum Gasteiger partial charge on any atom is 0.328 e. The second-order valence-electron chi connectivity index (χ2n) is 5.50. The third kappa shape index (κ3) is 6.22. The number of benzene rings is 2. The predicted octanol–water partition coefficient (Wildman–Crippen LogP) is 3.13. The fraction of sp³-hybridized carbons (Fsp3) is 0.200. The Hall–Kier alpha value is -2.95. The zero-order valence-electron chi connectivity index (χ0n) is 13.9. The average Bonchev–Trinajstić information content (AvgIpc) is 2.63. The van der Waals surface area contributed by atoms with E-state index in [9.17, 15) is 14.0 Å². The number of hydrogen-bond acceptors (Lipinski definition) is 3. The molecule has 0 aliphatic carbocycles. The van der Waals surface area contributed by atoms with E-state index in [1.54, 1.807) is 0 Å². The van der Waals surface area contributed by atoms with Crippen LogP contribution in [0.15, 0.2) is 60.7 Å². The van der Waals surface area contributed by atoms with Gasteiger partial charge in [0, 0.05) is 0 Å². The van der Waals surface area contributed by atoms with Gasteiger partial charge in [0.05, 0.1) is 13.5 Å². The standard InChI is InChI=1S/C20H20FNO3/c1-25-20(24)18(9-5-8-15-6-3-2-4-7-15)22-19(23)14-16-10-12-17(21)13-11-16/h2-8,10-13,18H,9,14H2,1H3,(H,22,23)/b8-5+/t18-/m0/s1. The molecule has 5 heteroatoms. The SMILES string of the molecule is COC(=O)[C@H](C/C=C/c1ccccc1)NC(=O)Cc1ccc(F)cc1. The van der Waals surface area contributed by atoms with Crippen LogP contribution < -0.4 is 5.32 Å². The van der Waals surface area contributed by atoms with Crippen molar-refractivity contribution in [3.8, 4) is 0 Å². The largest absolute Gasteiger partial charge is 0.467 e. The third-order valence-electron chi connectivity index (χ3n) is 3.58. The quantitative estimate of drug-likeness (QED) is 0.787. The van der Waals surface area contributed by atoms with Gasteiger partial charge in [0.25, 0.3) is 0 Å². The number of methoxy groups -OCH3 is 1. The first kappa shape index (κ1) is 18.4. The lowest BCUT2D eigenvalue weighted by atomic mass is 10.1. The van der Waals surface area contributed by atoms with E-state index in [2.05, 4.69) is 5.32 Å². The Morgan fingerprint density at radius 3 is 2.44 bits per heavy atom. The normalized spacial score (nSPS) is 11.9. The molecule has 0 spiro atoms. The van der Waals surface area contributed by atoms with Crippen LogP contribution in [-0.4, -0.2) is 25.0 Å². The molecule has 2 aromatic carbocycles. The Morgan fingerprint density at radius 2 is 1.80 bits per heavy atom. The molecule has 0 aliphatic heterocycles. The zero-order chi connectivity index (χ0) is 18.1. The van der Waals surface area contributed by atoms with Crippen molar-refractivity contribution >= 4 is 18.0 Å². The van der Waals surface area contributed by atoms with Crippen LogP contribution in [0.2, 0.25) is 0 Å². The Labute approximate surface area is 146 Å². The molecule has 2 rings (SSSR count). The summed E-state index contributed by atoms with van der Waals surface area (Å²) in [5.74, 6) is -1.19. The highest BCUT2D eigenvalue weighted by atomic mass is 19.1. The van der Waals surface area contributed by atoms with E-state index in [1.807, 2.05) is 42.5 Å². The molecule has 0 radical (unpaired) electrons. The lowest BCUT2D eigenvalue weighted by Gasteiger charge is -2.15. The van der Waals surface area contributed by atoms with Crippen molar-refractivity contribution in [2.24, 2.45) is 0 Å². The van der Waals surface area contributed by atoms with Gasteiger partial charge in [-0.05, 0) is 29.7 Å². The van der Waals surface area contributed by atoms with Gasteiger partial charge in [-0.3, -0.25) is 4.79 Å². The number of ether oxygens (including phenoxy) is 1. The Kier molecular flexibility index (Phi) is 6.89. The Morgan fingerprint density at radius 1 is 1.12 bits per heavy atom. The van der Waals surface area contributed by atoms with Gasteiger partial charge in [0.2, 0.25) is 5.91 Å². The molecule has 1 amide bonds. The molecule has 1 N–H and O–H groups in total. The smallest absolute Gasteiger partial charge is 0.328 e. The van der Waals surface area contributed by atoms with E-state index in [0.717, 1.165) is 5.56 Å². The fourth-order valence-electron chi connectivity index (χ4n) is 2.29. The van der Waals surface area contributed by atoms with Crippen LogP contribution in [0.3, 0.4) is 0 Å². The zero-order valence-corrected chi connectivity index (χ0v) is 13.9. The number of nitrogens with one attached hydrogen (secondary N) is 1. The van der Waals surface area contributed by atoms with Crippen LogP contribution in [0.1, 0.15) is 17.5 Å². The van der Waals surface area contributed by atoms with Crippen molar-refractivity contribution < 1.29 is 18.7 Å². The molecule has 0 aliphatic rings. The summed E-state index contributed by atoms with van der Waals surface area (Å²) in [6.45, 7) is 0. The molecule has 0 bridgehead atoms. The van der Waals surface area contributed by atoms with Crippen LogP contribution in [0.25, 0.3) is 6.08 Å². The number of rotatable bonds is 7. The second-order valence-corrected chi connectivity index (χ2v) is 5.50. The first-order valence-electron chi connectivity index (χ1n) is 7.91. The summed E-state index contributed by atoms with van der Waals surface area (Å²) < 4.78 is 17.6. The van der Waals surface area contributed by atoms with Gasteiger partial charge in [-0.1, -0.05) is 54.6 Å². The van der Waals surface area contributed by atoms with E-state index in [0.29, 0.717) is 12.0 Å². The maximum absolute atomic E-state index is 12.9. The highest BCUT2D eigenvalue weighted by molar-refractivity contribution is 5.85. The number of carbonyl (C=O) groups is 2.